The Hall–Kier alpha value is -1.72. The van der Waals surface area contributed by atoms with Crippen molar-refractivity contribution in [3.63, 3.8) is 0 Å². The molecule has 0 aliphatic heterocycles. The molecule has 0 bridgehead atoms. The predicted octanol–water partition coefficient (Wildman–Crippen LogP) is 4.36. The first-order valence-corrected chi connectivity index (χ1v) is 7.82. The molecule has 2 rings (SSSR count). The van der Waals surface area contributed by atoms with Gasteiger partial charge in [0.2, 0.25) is 0 Å². The average Bonchev–Trinajstić information content (AvgIpc) is 2.52. The van der Waals surface area contributed by atoms with Gasteiger partial charge in [-0.3, -0.25) is 5.43 Å². The molecule has 0 amide bonds. The standard InChI is InChI=1S/C16H15FN2S2/c1-12(14-9-5-6-10-15(14)17)18-19-16(20)21-11-13-7-3-2-4-8-13/h2-10H,11H2,1H3,(H,19,20). The third-order valence-electron chi connectivity index (χ3n) is 2.79. The zero-order valence-electron chi connectivity index (χ0n) is 11.5. The molecule has 0 aromatic heterocycles. The summed E-state index contributed by atoms with van der Waals surface area (Å²) in [5.41, 5.74) is 5.03. The third kappa shape index (κ3) is 4.95. The molecule has 5 heteroatoms. The Morgan fingerprint density at radius 3 is 2.52 bits per heavy atom. The highest BCUT2D eigenvalue weighted by Gasteiger charge is 2.04. The highest BCUT2D eigenvalue weighted by Crippen LogP contribution is 2.13. The molecule has 0 aliphatic carbocycles. The molecule has 108 valence electrons. The van der Waals surface area contributed by atoms with Gasteiger partial charge in [-0.15, -0.1) is 0 Å². The molecule has 0 heterocycles. The van der Waals surface area contributed by atoms with Crippen LogP contribution >= 0.6 is 24.0 Å². The number of benzene rings is 2. The molecule has 0 saturated heterocycles. The Bertz CT molecular complexity index is 642. The lowest BCUT2D eigenvalue weighted by atomic mass is 10.1. The molecule has 21 heavy (non-hydrogen) atoms. The fraction of sp³-hybridized carbons (Fsp3) is 0.125. The summed E-state index contributed by atoms with van der Waals surface area (Å²) < 4.78 is 14.2. The maximum atomic E-state index is 13.6. The summed E-state index contributed by atoms with van der Waals surface area (Å²) in [6, 6.07) is 16.6. The first-order chi connectivity index (χ1) is 10.2. The maximum Gasteiger partial charge on any atom is 0.154 e. The zero-order chi connectivity index (χ0) is 15.1. The lowest BCUT2D eigenvalue weighted by Crippen LogP contribution is -2.14. The SMILES string of the molecule is CC(=NNC(=S)SCc1ccccc1)c1ccccc1F. The van der Waals surface area contributed by atoms with Gasteiger partial charge in [-0.1, -0.05) is 72.5 Å². The minimum absolute atomic E-state index is 0.289. The lowest BCUT2D eigenvalue weighted by Gasteiger charge is -2.05. The number of nitrogens with one attached hydrogen (secondary N) is 1. The van der Waals surface area contributed by atoms with E-state index in [0.717, 1.165) is 5.75 Å². The zero-order valence-corrected chi connectivity index (χ0v) is 13.2. The Labute approximate surface area is 133 Å². The topological polar surface area (TPSA) is 24.4 Å². The van der Waals surface area contributed by atoms with Gasteiger partial charge in [-0.05, 0) is 18.6 Å². The lowest BCUT2D eigenvalue weighted by molar-refractivity contribution is 0.625. The number of thioether (sulfide) groups is 1. The molecule has 0 radical (unpaired) electrons. The van der Waals surface area contributed by atoms with Gasteiger partial charge in [0.15, 0.2) is 4.32 Å². The highest BCUT2D eigenvalue weighted by atomic mass is 32.2. The molecule has 0 atom stereocenters. The number of hydrogen-bond donors (Lipinski definition) is 1. The number of hydrazone groups is 1. The number of nitrogens with zero attached hydrogens (tertiary/aromatic N) is 1. The van der Waals surface area contributed by atoms with E-state index in [4.69, 9.17) is 12.2 Å². The normalized spacial score (nSPS) is 11.2. The van der Waals surface area contributed by atoms with Gasteiger partial charge in [0.05, 0.1) is 5.71 Å². The van der Waals surface area contributed by atoms with Crippen molar-refractivity contribution in [1.82, 2.24) is 5.43 Å². The largest absolute Gasteiger partial charge is 0.262 e. The molecule has 0 fully saturated rings. The molecule has 2 aromatic carbocycles. The number of rotatable bonds is 4. The Morgan fingerprint density at radius 1 is 1.14 bits per heavy atom. The summed E-state index contributed by atoms with van der Waals surface area (Å²) in [6.07, 6.45) is 0. The minimum Gasteiger partial charge on any atom is -0.262 e. The fourth-order valence-electron chi connectivity index (χ4n) is 1.70. The van der Waals surface area contributed by atoms with Crippen molar-refractivity contribution in [2.45, 2.75) is 12.7 Å². The van der Waals surface area contributed by atoms with E-state index in [1.54, 1.807) is 25.1 Å². The minimum atomic E-state index is -0.289. The maximum absolute atomic E-state index is 13.6. The summed E-state index contributed by atoms with van der Waals surface area (Å²) in [7, 11) is 0. The van der Waals surface area contributed by atoms with Crippen LogP contribution in [0.5, 0.6) is 0 Å². The van der Waals surface area contributed by atoms with Crippen LogP contribution in [0.3, 0.4) is 0 Å². The van der Waals surface area contributed by atoms with Crippen LogP contribution in [0, 0.1) is 5.82 Å². The molecule has 2 aromatic rings. The van der Waals surface area contributed by atoms with E-state index in [2.05, 4.69) is 10.5 Å². The highest BCUT2D eigenvalue weighted by molar-refractivity contribution is 8.22. The van der Waals surface area contributed by atoms with Crippen molar-refractivity contribution in [3.8, 4) is 0 Å². The molecule has 0 saturated carbocycles. The monoisotopic (exact) mass is 318 g/mol. The average molecular weight is 318 g/mol. The van der Waals surface area contributed by atoms with Gasteiger partial charge in [0.1, 0.15) is 5.82 Å². The molecular formula is C16H15FN2S2. The predicted molar refractivity (Wildman–Crippen MR) is 92.1 cm³/mol. The van der Waals surface area contributed by atoms with E-state index in [0.29, 0.717) is 15.6 Å². The van der Waals surface area contributed by atoms with Crippen LogP contribution in [0.1, 0.15) is 18.1 Å². The second-order valence-corrected chi connectivity index (χ2v) is 6.00. The Balaban J connectivity index is 1.88. The fourth-order valence-corrected chi connectivity index (χ4v) is 2.52. The first kappa shape index (κ1) is 15.7. The van der Waals surface area contributed by atoms with Crippen molar-refractivity contribution in [2.24, 2.45) is 5.10 Å². The van der Waals surface area contributed by atoms with E-state index in [9.17, 15) is 4.39 Å². The smallest absolute Gasteiger partial charge is 0.154 e. The van der Waals surface area contributed by atoms with Crippen LogP contribution < -0.4 is 5.43 Å². The summed E-state index contributed by atoms with van der Waals surface area (Å²) in [4.78, 5) is 0. The summed E-state index contributed by atoms with van der Waals surface area (Å²) in [5, 5.41) is 4.13. The summed E-state index contributed by atoms with van der Waals surface area (Å²) in [6.45, 7) is 1.75. The molecule has 0 unspecified atom stereocenters. The van der Waals surface area contributed by atoms with Crippen LogP contribution in [-0.2, 0) is 5.75 Å². The van der Waals surface area contributed by atoms with Crippen LogP contribution in [0.4, 0.5) is 4.39 Å². The van der Waals surface area contributed by atoms with Gasteiger partial charge < -0.3 is 0 Å². The van der Waals surface area contributed by atoms with Gasteiger partial charge >= 0.3 is 0 Å². The van der Waals surface area contributed by atoms with Gasteiger partial charge in [-0.2, -0.15) is 5.10 Å². The first-order valence-electron chi connectivity index (χ1n) is 6.42. The van der Waals surface area contributed by atoms with Crippen LogP contribution in [-0.4, -0.2) is 10.0 Å². The van der Waals surface area contributed by atoms with Crippen LogP contribution in [0.2, 0.25) is 0 Å². The van der Waals surface area contributed by atoms with Crippen molar-refractivity contribution >= 4 is 34.0 Å². The summed E-state index contributed by atoms with van der Waals surface area (Å²) in [5.74, 6) is 0.490. The Kier molecular flexibility index (Phi) is 5.90. The van der Waals surface area contributed by atoms with E-state index < -0.39 is 0 Å². The molecule has 2 nitrogen and oxygen atoms in total. The van der Waals surface area contributed by atoms with Gasteiger partial charge in [0, 0.05) is 11.3 Å². The number of halogens is 1. The van der Waals surface area contributed by atoms with E-state index in [1.807, 2.05) is 30.3 Å². The van der Waals surface area contributed by atoms with E-state index in [-0.39, 0.29) is 5.82 Å². The Morgan fingerprint density at radius 2 is 1.81 bits per heavy atom. The van der Waals surface area contributed by atoms with Gasteiger partial charge in [0.25, 0.3) is 0 Å². The van der Waals surface area contributed by atoms with Crippen molar-refractivity contribution in [2.75, 3.05) is 0 Å². The molecule has 0 spiro atoms. The van der Waals surface area contributed by atoms with Crippen molar-refractivity contribution in [1.29, 1.82) is 0 Å². The van der Waals surface area contributed by atoms with Crippen LogP contribution in [0.25, 0.3) is 0 Å². The number of thiocarbonyl (C=S) groups is 1. The second-order valence-electron chi connectivity index (χ2n) is 4.35. The summed E-state index contributed by atoms with van der Waals surface area (Å²) >= 11 is 6.70. The molecule has 0 aliphatic rings. The van der Waals surface area contributed by atoms with Crippen LogP contribution in [0.15, 0.2) is 59.7 Å². The van der Waals surface area contributed by atoms with E-state index in [1.165, 1.54) is 23.4 Å². The second kappa shape index (κ2) is 7.90. The van der Waals surface area contributed by atoms with Gasteiger partial charge in [-0.25, -0.2) is 4.39 Å². The molecule has 1 N–H and O–H groups in total. The van der Waals surface area contributed by atoms with Crippen molar-refractivity contribution < 1.29 is 4.39 Å². The third-order valence-corrected chi connectivity index (χ3v) is 4.07. The molecular weight excluding hydrogens is 303 g/mol. The quantitative estimate of drug-likeness (QED) is 0.515. The van der Waals surface area contributed by atoms with Crippen molar-refractivity contribution in [3.05, 3.63) is 71.5 Å². The van der Waals surface area contributed by atoms with E-state index >= 15 is 0 Å². The number of hydrogen-bond acceptors (Lipinski definition) is 3.